The number of alkyl halides is 3. The number of ether oxygens (including phenoxy) is 2. The van der Waals surface area contributed by atoms with Gasteiger partial charge in [-0.15, -0.1) is 0 Å². The van der Waals surface area contributed by atoms with E-state index in [0.29, 0.717) is 17.5 Å². The maximum absolute atomic E-state index is 13.6. The fourth-order valence-electron chi connectivity index (χ4n) is 5.12. The third-order valence-electron chi connectivity index (χ3n) is 7.08. The number of pyridine rings is 2. The van der Waals surface area contributed by atoms with E-state index < -0.39 is 34.8 Å². The summed E-state index contributed by atoms with van der Waals surface area (Å²) >= 11 is 0. The highest BCUT2D eigenvalue weighted by Gasteiger charge is 2.50. The van der Waals surface area contributed by atoms with E-state index in [1.165, 1.54) is 10.6 Å². The van der Waals surface area contributed by atoms with Crippen molar-refractivity contribution in [3.63, 3.8) is 0 Å². The molecule has 6 rings (SSSR count). The van der Waals surface area contributed by atoms with Crippen LogP contribution in [-0.4, -0.2) is 21.5 Å². The second-order valence-electron chi connectivity index (χ2n) is 9.23. The van der Waals surface area contributed by atoms with Gasteiger partial charge in [0.2, 0.25) is 5.60 Å². The summed E-state index contributed by atoms with van der Waals surface area (Å²) in [5.41, 5.74) is -0.999. The lowest BCUT2D eigenvalue weighted by atomic mass is 9.85. The molecule has 0 bridgehead atoms. The van der Waals surface area contributed by atoms with Gasteiger partial charge in [0.1, 0.15) is 6.61 Å². The van der Waals surface area contributed by atoms with Crippen LogP contribution in [0.4, 0.5) is 13.2 Å². The lowest BCUT2D eigenvalue weighted by Crippen LogP contribution is -2.47. The molecule has 0 saturated heterocycles. The number of esters is 2. The quantitative estimate of drug-likeness (QED) is 0.313. The van der Waals surface area contributed by atoms with Gasteiger partial charge in [-0.2, -0.15) is 13.2 Å². The van der Waals surface area contributed by atoms with Gasteiger partial charge in [0, 0.05) is 16.5 Å². The predicted molar refractivity (Wildman–Crippen MR) is 129 cm³/mol. The maximum atomic E-state index is 13.6. The Kier molecular flexibility index (Phi) is 5.20. The molecule has 0 spiro atoms. The first-order valence-corrected chi connectivity index (χ1v) is 11.9. The highest BCUT2D eigenvalue weighted by atomic mass is 19.4. The summed E-state index contributed by atoms with van der Waals surface area (Å²) < 4.78 is 52.1. The summed E-state index contributed by atoms with van der Waals surface area (Å²) in [5, 5.41) is 0.910. The molecule has 10 heteroatoms. The minimum absolute atomic E-state index is 0.107. The number of rotatable bonds is 3. The van der Waals surface area contributed by atoms with Gasteiger partial charge < -0.3 is 14.0 Å². The van der Waals surface area contributed by atoms with Crippen molar-refractivity contribution in [1.82, 2.24) is 9.55 Å². The number of nitrogens with zero attached hydrogens (tertiary/aromatic N) is 2. The van der Waals surface area contributed by atoms with Crippen LogP contribution >= 0.6 is 0 Å². The maximum Gasteiger partial charge on any atom is 0.416 e. The molecule has 0 saturated carbocycles. The minimum Gasteiger partial charge on any atom is -0.457 e. The van der Waals surface area contributed by atoms with Gasteiger partial charge >= 0.3 is 18.1 Å². The van der Waals surface area contributed by atoms with Crippen molar-refractivity contribution >= 4 is 22.8 Å². The molecule has 0 amide bonds. The number of benzene rings is 2. The molecule has 0 unspecified atom stereocenters. The predicted octanol–water partition coefficient (Wildman–Crippen LogP) is 4.96. The van der Waals surface area contributed by atoms with E-state index in [1.54, 1.807) is 13.0 Å². The Morgan fingerprint density at radius 1 is 1.11 bits per heavy atom. The molecule has 2 aromatic heterocycles. The molecular formula is C28H19F3N2O5. The monoisotopic (exact) mass is 520 g/mol. The Labute approximate surface area is 213 Å². The van der Waals surface area contributed by atoms with Crippen molar-refractivity contribution in [3.05, 3.63) is 98.8 Å². The van der Waals surface area contributed by atoms with Gasteiger partial charge in [0.05, 0.1) is 40.1 Å². The normalized spacial score (nSPS) is 17.9. The second-order valence-corrected chi connectivity index (χ2v) is 9.23. The van der Waals surface area contributed by atoms with Crippen molar-refractivity contribution in [2.24, 2.45) is 0 Å². The van der Waals surface area contributed by atoms with Crippen LogP contribution in [0, 0.1) is 0 Å². The van der Waals surface area contributed by atoms with E-state index in [0.717, 1.165) is 28.6 Å². The highest BCUT2D eigenvalue weighted by molar-refractivity contribution is 5.94. The number of halogens is 3. The zero-order chi connectivity index (χ0) is 26.8. The van der Waals surface area contributed by atoms with E-state index in [9.17, 15) is 27.6 Å². The molecular weight excluding hydrogens is 501 g/mol. The van der Waals surface area contributed by atoms with E-state index in [1.807, 2.05) is 30.3 Å². The fourth-order valence-corrected chi connectivity index (χ4v) is 5.12. The lowest BCUT2D eigenvalue weighted by molar-refractivity contribution is -0.173. The van der Waals surface area contributed by atoms with Gasteiger partial charge in [0.25, 0.3) is 5.56 Å². The first kappa shape index (κ1) is 23.9. The summed E-state index contributed by atoms with van der Waals surface area (Å²) in [6, 6.07) is 14.8. The summed E-state index contributed by atoms with van der Waals surface area (Å²) in [4.78, 5) is 44.5. The Balaban J connectivity index is 1.49. The summed E-state index contributed by atoms with van der Waals surface area (Å²) in [5.74, 6) is -2.05. The van der Waals surface area contributed by atoms with Crippen LogP contribution in [0.2, 0.25) is 0 Å². The molecule has 0 N–H and O–H groups in total. The average Bonchev–Trinajstić information content (AvgIpc) is 3.26. The van der Waals surface area contributed by atoms with E-state index >= 15 is 0 Å². The van der Waals surface area contributed by atoms with Gasteiger partial charge in [-0.05, 0) is 42.8 Å². The highest BCUT2D eigenvalue weighted by Crippen LogP contribution is 2.41. The van der Waals surface area contributed by atoms with Crippen LogP contribution in [0.15, 0.2) is 65.5 Å². The average molecular weight is 520 g/mol. The molecule has 192 valence electrons. The van der Waals surface area contributed by atoms with Crippen LogP contribution in [-0.2, 0) is 39.2 Å². The number of carbonyl (C=O) groups excluding carboxylic acids is 2. The topological polar surface area (TPSA) is 87.5 Å². The van der Waals surface area contributed by atoms with Crippen molar-refractivity contribution in [2.75, 3.05) is 0 Å². The molecule has 0 aliphatic carbocycles. The first-order chi connectivity index (χ1) is 18.1. The Bertz CT molecular complexity index is 1730. The SMILES string of the molecule is CC[C@@]1(OC(=O)c2cccc(C(F)(F)F)c2)C(=O)OCc2c1cc1n(c2=O)Cc2cc3ccccc3nc2-1. The van der Waals surface area contributed by atoms with Crippen molar-refractivity contribution in [1.29, 1.82) is 0 Å². The van der Waals surface area contributed by atoms with Gasteiger partial charge in [0.15, 0.2) is 0 Å². The van der Waals surface area contributed by atoms with Gasteiger partial charge in [-0.3, -0.25) is 4.79 Å². The van der Waals surface area contributed by atoms with E-state index in [2.05, 4.69) is 0 Å². The van der Waals surface area contributed by atoms with Crippen molar-refractivity contribution in [2.45, 2.75) is 38.3 Å². The molecule has 0 fully saturated rings. The number of cyclic esters (lactones) is 1. The number of aromatic nitrogens is 2. The molecule has 7 nitrogen and oxygen atoms in total. The lowest BCUT2D eigenvalue weighted by Gasteiger charge is -2.35. The minimum atomic E-state index is -4.67. The largest absolute Gasteiger partial charge is 0.457 e. The van der Waals surface area contributed by atoms with Crippen molar-refractivity contribution in [3.8, 4) is 11.4 Å². The van der Waals surface area contributed by atoms with Gasteiger partial charge in [-0.1, -0.05) is 31.2 Å². The Morgan fingerprint density at radius 3 is 2.66 bits per heavy atom. The van der Waals surface area contributed by atoms with Crippen LogP contribution in [0.3, 0.4) is 0 Å². The van der Waals surface area contributed by atoms with Gasteiger partial charge in [-0.25, -0.2) is 14.6 Å². The van der Waals surface area contributed by atoms with E-state index in [-0.39, 0.29) is 36.3 Å². The smallest absolute Gasteiger partial charge is 0.416 e. The van der Waals surface area contributed by atoms with E-state index in [4.69, 9.17) is 14.5 Å². The Morgan fingerprint density at radius 2 is 1.89 bits per heavy atom. The first-order valence-electron chi connectivity index (χ1n) is 11.9. The Hall–Kier alpha value is -4.47. The van der Waals surface area contributed by atoms with Crippen molar-refractivity contribution < 1.29 is 32.2 Å². The molecule has 4 aromatic rings. The van der Waals surface area contributed by atoms with Crippen LogP contribution in [0.5, 0.6) is 0 Å². The standard InChI is InChI=1S/C28H19F3N2O5/c1-2-27(38-25(35)16-7-5-8-18(11-16)28(29,30)31)20-12-22-23-17(10-15-6-3-4-9-21(15)32-23)13-33(22)24(34)19(20)14-37-26(27)36/h3-12H,2,13-14H2,1H3/t27-/m0/s1. The molecule has 2 aliphatic rings. The van der Waals surface area contributed by atoms with Crippen LogP contribution in [0.1, 0.15) is 46.0 Å². The molecule has 2 aliphatic heterocycles. The molecule has 0 radical (unpaired) electrons. The number of hydrogen-bond acceptors (Lipinski definition) is 6. The molecule has 4 heterocycles. The summed E-state index contributed by atoms with van der Waals surface area (Å²) in [6.07, 6.45) is -4.78. The van der Waals surface area contributed by atoms with Crippen LogP contribution in [0.25, 0.3) is 22.3 Å². The summed E-state index contributed by atoms with van der Waals surface area (Å²) in [6.45, 7) is 1.52. The molecule has 2 aromatic carbocycles. The fraction of sp³-hybridized carbons (Fsp3) is 0.214. The number of para-hydroxylation sites is 1. The summed E-state index contributed by atoms with van der Waals surface area (Å²) in [7, 11) is 0. The zero-order valence-corrected chi connectivity index (χ0v) is 20.0. The number of hydrogen-bond donors (Lipinski definition) is 0. The third kappa shape index (κ3) is 3.51. The molecule has 1 atom stereocenters. The van der Waals surface area contributed by atoms with Crippen LogP contribution < -0.4 is 5.56 Å². The number of carbonyl (C=O) groups is 2. The molecule has 38 heavy (non-hydrogen) atoms. The third-order valence-corrected chi connectivity index (χ3v) is 7.08. The second kappa shape index (κ2) is 8.27. The zero-order valence-electron chi connectivity index (χ0n) is 20.0. The number of fused-ring (bicyclic) bond motifs is 5.